The SMILES string of the molecule is Cc1ccc2nc(-c3ccc(NC(=O)c4ccn(C(C)C(=O)O)n4)cc3)sc2c1. The summed E-state index contributed by atoms with van der Waals surface area (Å²) >= 11 is 1.63. The maximum Gasteiger partial charge on any atom is 0.328 e. The fraction of sp³-hybridized carbons (Fsp3) is 0.143. The van der Waals surface area contributed by atoms with Crippen molar-refractivity contribution in [3.8, 4) is 10.6 Å². The minimum Gasteiger partial charge on any atom is -0.480 e. The molecular weight excluding hydrogens is 388 g/mol. The predicted molar refractivity (Wildman–Crippen MR) is 112 cm³/mol. The van der Waals surface area contributed by atoms with E-state index in [0.717, 1.165) is 20.8 Å². The summed E-state index contributed by atoms with van der Waals surface area (Å²) in [7, 11) is 0. The summed E-state index contributed by atoms with van der Waals surface area (Å²) in [5, 5.41) is 16.8. The molecule has 0 aliphatic heterocycles. The molecule has 0 saturated carbocycles. The van der Waals surface area contributed by atoms with Crippen LogP contribution in [0.3, 0.4) is 0 Å². The Kier molecular flexibility index (Phi) is 4.85. The van der Waals surface area contributed by atoms with E-state index in [1.165, 1.54) is 29.4 Å². The molecule has 1 unspecified atom stereocenters. The third-order valence-corrected chi connectivity index (χ3v) is 5.60. The van der Waals surface area contributed by atoms with E-state index in [-0.39, 0.29) is 5.69 Å². The standard InChI is InChI=1S/C21H18N4O3S/c1-12-3-8-16-18(11-12)29-20(23-16)14-4-6-15(7-5-14)22-19(26)17-9-10-25(24-17)13(2)21(27)28/h3-11,13H,1-2H3,(H,22,26)(H,27,28). The minimum atomic E-state index is -1.01. The molecule has 8 heteroatoms. The third-order valence-electron chi connectivity index (χ3n) is 4.53. The minimum absolute atomic E-state index is 0.156. The first-order valence-electron chi connectivity index (χ1n) is 8.97. The smallest absolute Gasteiger partial charge is 0.328 e. The van der Waals surface area contributed by atoms with Gasteiger partial charge >= 0.3 is 5.97 Å². The molecule has 0 radical (unpaired) electrons. The van der Waals surface area contributed by atoms with Gasteiger partial charge in [0.25, 0.3) is 5.91 Å². The van der Waals surface area contributed by atoms with Crippen LogP contribution in [-0.2, 0) is 4.79 Å². The van der Waals surface area contributed by atoms with Gasteiger partial charge in [0, 0.05) is 17.4 Å². The number of thiazole rings is 1. The van der Waals surface area contributed by atoms with Crippen molar-refractivity contribution in [1.82, 2.24) is 14.8 Å². The van der Waals surface area contributed by atoms with E-state index in [1.807, 2.05) is 24.3 Å². The van der Waals surface area contributed by atoms with Crippen molar-refractivity contribution in [3.05, 3.63) is 66.0 Å². The zero-order valence-electron chi connectivity index (χ0n) is 15.8. The largest absolute Gasteiger partial charge is 0.480 e. The molecule has 0 saturated heterocycles. The van der Waals surface area contributed by atoms with Crippen molar-refractivity contribution in [2.24, 2.45) is 0 Å². The van der Waals surface area contributed by atoms with Crippen molar-refractivity contribution in [2.45, 2.75) is 19.9 Å². The van der Waals surface area contributed by atoms with E-state index >= 15 is 0 Å². The highest BCUT2D eigenvalue weighted by molar-refractivity contribution is 7.21. The molecule has 7 nitrogen and oxygen atoms in total. The summed E-state index contributed by atoms with van der Waals surface area (Å²) in [5.41, 5.74) is 3.92. The van der Waals surface area contributed by atoms with Crippen LogP contribution >= 0.6 is 11.3 Å². The molecule has 146 valence electrons. The number of benzene rings is 2. The highest BCUT2D eigenvalue weighted by atomic mass is 32.1. The molecule has 4 rings (SSSR count). The first-order valence-corrected chi connectivity index (χ1v) is 9.79. The molecule has 0 spiro atoms. The summed E-state index contributed by atoms with van der Waals surface area (Å²) < 4.78 is 2.39. The van der Waals surface area contributed by atoms with Crippen LogP contribution in [0.1, 0.15) is 29.0 Å². The van der Waals surface area contributed by atoms with Crippen molar-refractivity contribution < 1.29 is 14.7 Å². The van der Waals surface area contributed by atoms with Crippen LogP contribution in [0.15, 0.2) is 54.7 Å². The lowest BCUT2D eigenvalue weighted by Gasteiger charge is -2.06. The number of aryl methyl sites for hydroxylation is 1. The normalized spacial score (nSPS) is 12.1. The van der Waals surface area contributed by atoms with Gasteiger partial charge in [-0.15, -0.1) is 11.3 Å². The second kappa shape index (κ2) is 7.48. The van der Waals surface area contributed by atoms with Gasteiger partial charge in [0.1, 0.15) is 11.0 Å². The van der Waals surface area contributed by atoms with Gasteiger partial charge in [0.05, 0.1) is 10.2 Å². The molecular formula is C21H18N4O3S. The van der Waals surface area contributed by atoms with E-state index in [2.05, 4.69) is 28.4 Å². The van der Waals surface area contributed by atoms with E-state index in [1.54, 1.807) is 23.5 Å². The van der Waals surface area contributed by atoms with Crippen LogP contribution in [0, 0.1) is 6.92 Å². The molecule has 1 atom stereocenters. The molecule has 2 aromatic carbocycles. The van der Waals surface area contributed by atoms with Crippen molar-refractivity contribution >= 4 is 39.1 Å². The number of aliphatic carboxylic acids is 1. The summed E-state index contributed by atoms with van der Waals surface area (Å²) in [6.07, 6.45) is 1.48. The highest BCUT2D eigenvalue weighted by Gasteiger charge is 2.17. The van der Waals surface area contributed by atoms with Crippen LogP contribution in [0.2, 0.25) is 0 Å². The summed E-state index contributed by atoms with van der Waals surface area (Å²) in [5.74, 6) is -1.41. The Labute approximate surface area is 170 Å². The van der Waals surface area contributed by atoms with Gasteiger partial charge in [0.15, 0.2) is 5.69 Å². The van der Waals surface area contributed by atoms with Gasteiger partial charge in [-0.25, -0.2) is 9.78 Å². The lowest BCUT2D eigenvalue weighted by atomic mass is 10.2. The lowest BCUT2D eigenvalue weighted by molar-refractivity contribution is -0.140. The van der Waals surface area contributed by atoms with Gasteiger partial charge in [-0.3, -0.25) is 9.48 Å². The summed E-state index contributed by atoms with van der Waals surface area (Å²) in [6, 6.07) is 14.3. The molecule has 29 heavy (non-hydrogen) atoms. The number of aromatic nitrogens is 3. The number of hydrogen-bond acceptors (Lipinski definition) is 5. The van der Waals surface area contributed by atoms with Crippen LogP contribution in [0.25, 0.3) is 20.8 Å². The molecule has 0 aliphatic rings. The summed E-state index contributed by atoms with van der Waals surface area (Å²) in [4.78, 5) is 28.1. The second-order valence-corrected chi connectivity index (χ2v) is 7.75. The van der Waals surface area contributed by atoms with Crippen LogP contribution in [-0.4, -0.2) is 31.7 Å². The molecule has 2 N–H and O–H groups in total. The van der Waals surface area contributed by atoms with Crippen molar-refractivity contribution in [3.63, 3.8) is 0 Å². The van der Waals surface area contributed by atoms with Crippen LogP contribution < -0.4 is 5.32 Å². The molecule has 0 fully saturated rings. The summed E-state index contributed by atoms with van der Waals surface area (Å²) in [6.45, 7) is 3.56. The number of amides is 1. The van der Waals surface area contributed by atoms with Crippen molar-refractivity contribution in [1.29, 1.82) is 0 Å². The van der Waals surface area contributed by atoms with Gasteiger partial charge < -0.3 is 10.4 Å². The average molecular weight is 406 g/mol. The van der Waals surface area contributed by atoms with Gasteiger partial charge in [-0.1, -0.05) is 6.07 Å². The molecule has 1 amide bonds. The zero-order chi connectivity index (χ0) is 20.5. The van der Waals surface area contributed by atoms with Crippen LogP contribution in [0.4, 0.5) is 5.69 Å². The number of anilines is 1. The highest BCUT2D eigenvalue weighted by Crippen LogP contribution is 2.31. The maximum atomic E-state index is 12.4. The third kappa shape index (κ3) is 3.88. The quantitative estimate of drug-likeness (QED) is 0.513. The number of nitrogens with one attached hydrogen (secondary N) is 1. The molecule has 0 bridgehead atoms. The Bertz CT molecular complexity index is 1210. The maximum absolute atomic E-state index is 12.4. The molecule has 2 aromatic heterocycles. The topological polar surface area (TPSA) is 97.1 Å². The van der Waals surface area contributed by atoms with Crippen LogP contribution in [0.5, 0.6) is 0 Å². The van der Waals surface area contributed by atoms with Gasteiger partial charge in [-0.2, -0.15) is 5.10 Å². The number of nitrogens with zero attached hydrogens (tertiary/aromatic N) is 3. The monoisotopic (exact) mass is 406 g/mol. The number of carboxylic acid groups (broad SMARTS) is 1. The van der Waals surface area contributed by atoms with Crippen molar-refractivity contribution in [2.75, 3.05) is 5.32 Å². The number of carboxylic acids is 1. The fourth-order valence-electron chi connectivity index (χ4n) is 2.83. The number of carbonyl (C=O) groups excluding carboxylic acids is 1. The second-order valence-electron chi connectivity index (χ2n) is 6.72. The van der Waals surface area contributed by atoms with E-state index in [4.69, 9.17) is 5.11 Å². The number of fused-ring (bicyclic) bond motifs is 1. The number of rotatable bonds is 5. The Morgan fingerprint density at radius 3 is 2.62 bits per heavy atom. The lowest BCUT2D eigenvalue weighted by Crippen LogP contribution is -2.18. The molecule has 4 aromatic rings. The number of carbonyl (C=O) groups is 2. The Hall–Kier alpha value is -3.52. The number of hydrogen-bond donors (Lipinski definition) is 2. The molecule has 0 aliphatic carbocycles. The fourth-order valence-corrected chi connectivity index (χ4v) is 3.90. The van der Waals surface area contributed by atoms with Gasteiger partial charge in [-0.05, 0) is 61.9 Å². The van der Waals surface area contributed by atoms with Gasteiger partial charge in [0.2, 0.25) is 0 Å². The Balaban J connectivity index is 1.49. The molecule has 2 heterocycles. The predicted octanol–water partition coefficient (Wildman–Crippen LogP) is 4.37. The Morgan fingerprint density at radius 2 is 1.90 bits per heavy atom. The zero-order valence-corrected chi connectivity index (χ0v) is 16.6. The first kappa shape index (κ1) is 18.8. The van der Waals surface area contributed by atoms with E-state index in [0.29, 0.717) is 5.69 Å². The first-order chi connectivity index (χ1) is 13.9. The van der Waals surface area contributed by atoms with E-state index < -0.39 is 17.9 Å². The average Bonchev–Trinajstić information content (AvgIpc) is 3.35. The van der Waals surface area contributed by atoms with E-state index in [9.17, 15) is 9.59 Å². The Morgan fingerprint density at radius 1 is 1.14 bits per heavy atom.